The zero-order valence-electron chi connectivity index (χ0n) is 53.3. The Kier molecular flexibility index (Phi) is 65.2. The molecular formula is C75H128O6. The third kappa shape index (κ3) is 66.8. The summed E-state index contributed by atoms with van der Waals surface area (Å²) < 4.78 is 16.9. The first-order valence-electron chi connectivity index (χ1n) is 34.4. The summed E-state index contributed by atoms with van der Waals surface area (Å²) in [7, 11) is 0. The second-order valence-electron chi connectivity index (χ2n) is 22.7. The van der Waals surface area contributed by atoms with Gasteiger partial charge < -0.3 is 14.2 Å². The van der Waals surface area contributed by atoms with Crippen LogP contribution in [-0.2, 0) is 28.6 Å². The topological polar surface area (TPSA) is 78.9 Å². The Balaban J connectivity index is 4.32. The molecule has 0 spiro atoms. The number of esters is 3. The monoisotopic (exact) mass is 1120 g/mol. The van der Waals surface area contributed by atoms with Crippen LogP contribution in [0, 0.1) is 0 Å². The van der Waals surface area contributed by atoms with Crippen LogP contribution in [0.2, 0.25) is 0 Å². The molecule has 0 bridgehead atoms. The summed E-state index contributed by atoms with van der Waals surface area (Å²) in [6.07, 6.45) is 94.1. The van der Waals surface area contributed by atoms with Gasteiger partial charge in [-0.3, -0.25) is 14.4 Å². The molecule has 0 aliphatic carbocycles. The molecule has 0 heterocycles. The van der Waals surface area contributed by atoms with Crippen molar-refractivity contribution in [2.75, 3.05) is 13.2 Å². The van der Waals surface area contributed by atoms with E-state index in [0.717, 1.165) is 103 Å². The Morgan fingerprint density at radius 1 is 0.259 bits per heavy atom. The summed E-state index contributed by atoms with van der Waals surface area (Å²) in [6, 6.07) is 0. The lowest BCUT2D eigenvalue weighted by atomic mass is 10.0. The van der Waals surface area contributed by atoms with Crippen molar-refractivity contribution in [3.63, 3.8) is 0 Å². The van der Waals surface area contributed by atoms with Gasteiger partial charge in [0.05, 0.1) is 0 Å². The average Bonchev–Trinajstić information content (AvgIpc) is 3.47. The molecular weight excluding hydrogens is 997 g/mol. The van der Waals surface area contributed by atoms with Gasteiger partial charge in [0.15, 0.2) is 6.10 Å². The highest BCUT2D eigenvalue weighted by molar-refractivity contribution is 5.71. The predicted molar refractivity (Wildman–Crippen MR) is 353 cm³/mol. The van der Waals surface area contributed by atoms with Gasteiger partial charge >= 0.3 is 17.9 Å². The van der Waals surface area contributed by atoms with Crippen molar-refractivity contribution in [2.45, 2.75) is 335 Å². The minimum atomic E-state index is -0.808. The third-order valence-corrected chi connectivity index (χ3v) is 14.8. The van der Waals surface area contributed by atoms with Crippen LogP contribution in [0.15, 0.2) is 109 Å². The van der Waals surface area contributed by atoms with Gasteiger partial charge in [-0.05, 0) is 96.3 Å². The highest BCUT2D eigenvalue weighted by atomic mass is 16.6. The van der Waals surface area contributed by atoms with E-state index in [0.29, 0.717) is 19.3 Å². The molecule has 0 rings (SSSR count). The standard InChI is InChI=1S/C75H128O6/c1-4-7-10-13-16-19-22-25-28-31-32-33-34-35-36-37-38-39-40-41-42-45-47-50-53-56-59-62-65-68-74(77)80-71-72(81-75(78)69-66-63-60-57-54-51-48-44-30-27-24-21-18-15-12-9-6-3)70-79-73(76)67-64-61-58-55-52-49-46-43-29-26-23-20-17-14-11-8-5-2/h7,9-10,12,16,18-19,21,25,27-28,30,32-33,48,51,57,60,72H,4-6,8,11,13-15,17,20,22-24,26,29,31,34-47,49-50,52-56,58-59,61-71H2,1-3H3/b10-7-,12-9-,19-16-,21-18-,28-25-,30-27-,33-32-,51-48-,60-57-. The molecule has 0 aliphatic rings. The molecule has 1 unspecified atom stereocenters. The first-order valence-corrected chi connectivity index (χ1v) is 34.4. The van der Waals surface area contributed by atoms with Gasteiger partial charge in [-0.1, -0.05) is 323 Å². The van der Waals surface area contributed by atoms with E-state index in [1.807, 2.05) is 0 Å². The number of rotatable bonds is 62. The maximum Gasteiger partial charge on any atom is 0.306 e. The molecule has 0 aromatic rings. The molecule has 6 nitrogen and oxygen atoms in total. The van der Waals surface area contributed by atoms with Crippen molar-refractivity contribution in [3.05, 3.63) is 109 Å². The summed E-state index contributed by atoms with van der Waals surface area (Å²) in [6.45, 7) is 6.41. The highest BCUT2D eigenvalue weighted by Gasteiger charge is 2.19. The summed E-state index contributed by atoms with van der Waals surface area (Å²) in [5.41, 5.74) is 0. The Morgan fingerprint density at radius 2 is 0.494 bits per heavy atom. The van der Waals surface area contributed by atoms with Crippen LogP contribution in [-0.4, -0.2) is 37.2 Å². The number of carbonyl (C=O) groups excluding carboxylic acids is 3. The van der Waals surface area contributed by atoms with E-state index in [9.17, 15) is 14.4 Å². The fourth-order valence-corrected chi connectivity index (χ4v) is 9.71. The lowest BCUT2D eigenvalue weighted by Crippen LogP contribution is -2.30. The summed E-state index contributed by atoms with van der Waals surface area (Å²) in [5.74, 6) is -0.941. The minimum absolute atomic E-state index is 0.0970. The molecule has 0 aromatic heterocycles. The van der Waals surface area contributed by atoms with Crippen LogP contribution < -0.4 is 0 Å². The zero-order chi connectivity index (χ0) is 58.5. The van der Waals surface area contributed by atoms with Crippen LogP contribution in [0.3, 0.4) is 0 Å². The molecule has 0 radical (unpaired) electrons. The van der Waals surface area contributed by atoms with Crippen LogP contribution in [0.1, 0.15) is 329 Å². The van der Waals surface area contributed by atoms with Crippen LogP contribution >= 0.6 is 0 Å². The van der Waals surface area contributed by atoms with Crippen molar-refractivity contribution in [1.29, 1.82) is 0 Å². The smallest absolute Gasteiger partial charge is 0.306 e. The first-order chi connectivity index (χ1) is 40.0. The second-order valence-corrected chi connectivity index (χ2v) is 22.7. The Morgan fingerprint density at radius 3 is 0.790 bits per heavy atom. The van der Waals surface area contributed by atoms with Crippen molar-refractivity contribution in [1.82, 2.24) is 0 Å². The van der Waals surface area contributed by atoms with E-state index in [-0.39, 0.29) is 37.5 Å². The number of hydrogen-bond donors (Lipinski definition) is 0. The summed E-state index contributed by atoms with van der Waals surface area (Å²) in [4.78, 5) is 38.4. The Hall–Kier alpha value is -3.93. The predicted octanol–water partition coefficient (Wildman–Crippen LogP) is 23.8. The van der Waals surface area contributed by atoms with E-state index in [2.05, 4.69) is 130 Å². The number of allylic oxidation sites excluding steroid dienone is 18. The fourth-order valence-electron chi connectivity index (χ4n) is 9.71. The number of unbranched alkanes of at least 4 members (excludes halogenated alkanes) is 33. The maximum absolute atomic E-state index is 12.9. The molecule has 0 aromatic carbocycles. The molecule has 0 saturated heterocycles. The maximum atomic E-state index is 12.9. The lowest BCUT2D eigenvalue weighted by Gasteiger charge is -2.18. The Bertz CT molecular complexity index is 1620. The number of ether oxygens (including phenoxy) is 3. The average molecular weight is 1130 g/mol. The lowest BCUT2D eigenvalue weighted by molar-refractivity contribution is -0.167. The summed E-state index contributed by atoms with van der Waals surface area (Å²) in [5, 5.41) is 0. The summed E-state index contributed by atoms with van der Waals surface area (Å²) >= 11 is 0. The van der Waals surface area contributed by atoms with Gasteiger partial charge in [0, 0.05) is 19.3 Å². The zero-order valence-corrected chi connectivity index (χ0v) is 53.3. The molecule has 0 N–H and O–H groups in total. The quantitative estimate of drug-likeness (QED) is 0.0261. The molecule has 0 saturated carbocycles. The van der Waals surface area contributed by atoms with E-state index in [1.54, 1.807) is 0 Å². The van der Waals surface area contributed by atoms with E-state index in [1.165, 1.54) is 180 Å². The molecule has 0 aliphatic heterocycles. The van der Waals surface area contributed by atoms with Gasteiger partial charge in [-0.15, -0.1) is 0 Å². The van der Waals surface area contributed by atoms with Gasteiger partial charge in [-0.25, -0.2) is 0 Å². The molecule has 0 amide bonds. The molecule has 81 heavy (non-hydrogen) atoms. The van der Waals surface area contributed by atoms with Gasteiger partial charge in [0.1, 0.15) is 13.2 Å². The fraction of sp³-hybridized carbons (Fsp3) is 0.720. The largest absolute Gasteiger partial charge is 0.462 e. The van der Waals surface area contributed by atoms with E-state index >= 15 is 0 Å². The van der Waals surface area contributed by atoms with Crippen molar-refractivity contribution < 1.29 is 28.6 Å². The highest BCUT2D eigenvalue weighted by Crippen LogP contribution is 2.17. The van der Waals surface area contributed by atoms with Crippen LogP contribution in [0.5, 0.6) is 0 Å². The van der Waals surface area contributed by atoms with Crippen molar-refractivity contribution in [3.8, 4) is 0 Å². The van der Waals surface area contributed by atoms with Gasteiger partial charge in [0.25, 0.3) is 0 Å². The number of hydrogen-bond acceptors (Lipinski definition) is 6. The molecule has 0 fully saturated rings. The van der Waals surface area contributed by atoms with E-state index in [4.69, 9.17) is 14.2 Å². The van der Waals surface area contributed by atoms with Crippen LogP contribution in [0.4, 0.5) is 0 Å². The van der Waals surface area contributed by atoms with Gasteiger partial charge in [0.2, 0.25) is 0 Å². The third-order valence-electron chi connectivity index (χ3n) is 14.8. The normalized spacial score (nSPS) is 12.8. The Labute approximate surface area is 501 Å². The molecule has 1 atom stereocenters. The first kappa shape index (κ1) is 77.1. The second kappa shape index (κ2) is 68.6. The van der Waals surface area contributed by atoms with E-state index < -0.39 is 6.10 Å². The van der Waals surface area contributed by atoms with Crippen LogP contribution in [0.25, 0.3) is 0 Å². The SMILES string of the molecule is CC/C=C\C/C=C\C/C=C\C/C=C\C/C=C\CCCC(=O)OC(COC(=O)CCCCCCCCCCCCCCCCCCC)COC(=O)CCCCCCCCCCCCCCCCCC/C=C\C/C=C\C/C=C\C/C=C\CC. The molecule has 464 valence electrons. The number of carbonyl (C=O) groups is 3. The van der Waals surface area contributed by atoms with Crippen molar-refractivity contribution in [2.24, 2.45) is 0 Å². The van der Waals surface area contributed by atoms with Crippen molar-refractivity contribution >= 4 is 17.9 Å². The molecule has 6 heteroatoms. The minimum Gasteiger partial charge on any atom is -0.462 e. The van der Waals surface area contributed by atoms with Gasteiger partial charge in [-0.2, -0.15) is 0 Å².